The summed E-state index contributed by atoms with van der Waals surface area (Å²) in [5.41, 5.74) is 0.299. The summed E-state index contributed by atoms with van der Waals surface area (Å²) in [6, 6.07) is 2.14. The molecule has 174 valence electrons. The summed E-state index contributed by atoms with van der Waals surface area (Å²) in [6.07, 6.45) is 0.261. The minimum Gasteiger partial charge on any atom is -0.493 e. The monoisotopic (exact) mass is 448 g/mol. The Hall–Kier alpha value is -3.56. The fraction of sp³-hybridized carbons (Fsp3) is 0.455. The molecule has 0 saturated heterocycles. The van der Waals surface area contributed by atoms with Crippen molar-refractivity contribution < 1.29 is 33.4 Å². The van der Waals surface area contributed by atoms with Crippen LogP contribution < -0.4 is 25.7 Å². The lowest BCUT2D eigenvalue weighted by Crippen LogP contribution is -2.48. The summed E-state index contributed by atoms with van der Waals surface area (Å²) in [7, 11) is 2.94. The Balaban J connectivity index is 2.14. The van der Waals surface area contributed by atoms with Crippen LogP contribution in [-0.4, -0.2) is 49.7 Å². The first kappa shape index (κ1) is 24.7. The maximum absolute atomic E-state index is 12.4. The van der Waals surface area contributed by atoms with Gasteiger partial charge in [0.2, 0.25) is 11.8 Å². The molecule has 2 unspecified atom stereocenters. The van der Waals surface area contributed by atoms with Crippen LogP contribution in [0.3, 0.4) is 0 Å². The molecular weight excluding hydrogens is 420 g/mol. The first-order valence-electron chi connectivity index (χ1n) is 10.1. The van der Waals surface area contributed by atoms with Gasteiger partial charge in [-0.15, -0.1) is 0 Å². The predicted octanol–water partition coefficient (Wildman–Crippen LogP) is 1.39. The molecule has 0 bridgehead atoms. The van der Waals surface area contributed by atoms with E-state index in [0.717, 1.165) is 0 Å². The summed E-state index contributed by atoms with van der Waals surface area (Å²) in [4.78, 5) is 48.2. The van der Waals surface area contributed by atoms with E-state index < -0.39 is 36.0 Å². The molecule has 1 heterocycles. The third-order valence-corrected chi connectivity index (χ3v) is 5.37. The number of methoxy groups -OCH3 is 2. The van der Waals surface area contributed by atoms with Crippen LogP contribution in [0.2, 0.25) is 0 Å². The van der Waals surface area contributed by atoms with Gasteiger partial charge < -0.3 is 29.6 Å². The lowest BCUT2D eigenvalue weighted by atomic mass is 9.99. The largest absolute Gasteiger partial charge is 0.493 e. The third kappa shape index (κ3) is 5.57. The quantitative estimate of drug-likeness (QED) is 0.463. The second kappa shape index (κ2) is 10.7. The molecule has 0 aliphatic rings. The van der Waals surface area contributed by atoms with E-state index in [9.17, 15) is 24.3 Å². The fourth-order valence-corrected chi connectivity index (χ4v) is 3.23. The molecule has 2 amide bonds. The smallest absolute Gasteiger partial charge is 0.340 e. The van der Waals surface area contributed by atoms with E-state index in [-0.39, 0.29) is 17.9 Å². The van der Waals surface area contributed by atoms with Crippen molar-refractivity contribution in [2.45, 2.75) is 39.7 Å². The molecule has 0 radical (unpaired) electrons. The summed E-state index contributed by atoms with van der Waals surface area (Å²) >= 11 is 0. The number of benzene rings is 1. The summed E-state index contributed by atoms with van der Waals surface area (Å²) < 4.78 is 15.8. The number of aryl methyl sites for hydroxylation is 1. The molecule has 1 aromatic heterocycles. The van der Waals surface area contributed by atoms with Crippen molar-refractivity contribution in [2.24, 2.45) is 5.92 Å². The van der Waals surface area contributed by atoms with Crippen LogP contribution in [0.1, 0.15) is 31.4 Å². The van der Waals surface area contributed by atoms with Gasteiger partial charge in [-0.05, 0) is 24.5 Å². The summed E-state index contributed by atoms with van der Waals surface area (Å²) in [5, 5.41) is 14.6. The van der Waals surface area contributed by atoms with Crippen LogP contribution in [0, 0.1) is 12.8 Å². The van der Waals surface area contributed by atoms with E-state index in [0.29, 0.717) is 34.5 Å². The van der Waals surface area contributed by atoms with Gasteiger partial charge in [-0.2, -0.15) is 0 Å². The lowest BCUT2D eigenvalue weighted by Gasteiger charge is -2.20. The number of hydrogen-bond donors (Lipinski definition) is 3. The number of amides is 2. The minimum atomic E-state index is -1.14. The SMILES string of the molecule is CCC(C)C(NC(=O)CNC(=O)Cc1c(C)c2cc(OC)c(OC)cc2oc1=O)C(=O)O. The van der Waals surface area contributed by atoms with Crippen molar-refractivity contribution in [3.63, 3.8) is 0 Å². The number of nitrogens with one attached hydrogen (secondary N) is 2. The van der Waals surface area contributed by atoms with Gasteiger partial charge in [0, 0.05) is 11.5 Å². The van der Waals surface area contributed by atoms with Crippen molar-refractivity contribution in [1.82, 2.24) is 10.6 Å². The number of carboxylic acid groups (broad SMARTS) is 1. The zero-order valence-electron chi connectivity index (χ0n) is 18.7. The molecule has 10 heteroatoms. The van der Waals surface area contributed by atoms with E-state index in [1.807, 2.05) is 6.92 Å². The van der Waals surface area contributed by atoms with E-state index >= 15 is 0 Å². The Morgan fingerprint density at radius 1 is 1.12 bits per heavy atom. The van der Waals surface area contributed by atoms with Gasteiger partial charge in [-0.1, -0.05) is 20.3 Å². The highest BCUT2D eigenvalue weighted by molar-refractivity contribution is 5.90. The highest BCUT2D eigenvalue weighted by Crippen LogP contribution is 2.33. The van der Waals surface area contributed by atoms with Crippen molar-refractivity contribution in [1.29, 1.82) is 0 Å². The molecule has 0 saturated carbocycles. The standard InChI is InChI=1S/C22H28N2O8/c1-6-11(2)20(21(27)28)24-19(26)10-23-18(25)8-14-12(3)13-7-16(30-4)17(31-5)9-15(13)32-22(14)29/h7,9,11,20H,6,8,10H2,1-5H3,(H,23,25)(H,24,26)(H,27,28). The van der Waals surface area contributed by atoms with Crippen molar-refractivity contribution in [2.75, 3.05) is 20.8 Å². The number of hydrogen-bond acceptors (Lipinski definition) is 7. The maximum atomic E-state index is 12.4. The average Bonchev–Trinajstić information content (AvgIpc) is 2.77. The Morgan fingerprint density at radius 3 is 2.31 bits per heavy atom. The Kier molecular flexibility index (Phi) is 8.22. The Labute approximate surface area is 184 Å². The topological polar surface area (TPSA) is 144 Å². The van der Waals surface area contributed by atoms with E-state index in [1.165, 1.54) is 20.3 Å². The van der Waals surface area contributed by atoms with Crippen LogP contribution in [0.4, 0.5) is 0 Å². The van der Waals surface area contributed by atoms with Crippen LogP contribution in [0.15, 0.2) is 21.3 Å². The molecular formula is C22H28N2O8. The predicted molar refractivity (Wildman–Crippen MR) is 116 cm³/mol. The van der Waals surface area contributed by atoms with Crippen LogP contribution >= 0.6 is 0 Å². The number of carbonyl (C=O) groups is 3. The van der Waals surface area contributed by atoms with E-state index in [4.69, 9.17) is 13.9 Å². The highest BCUT2D eigenvalue weighted by Gasteiger charge is 2.25. The Morgan fingerprint density at radius 2 is 1.75 bits per heavy atom. The number of ether oxygens (including phenoxy) is 2. The van der Waals surface area contributed by atoms with Gasteiger partial charge in [0.1, 0.15) is 11.6 Å². The first-order chi connectivity index (χ1) is 15.1. The van der Waals surface area contributed by atoms with Crippen LogP contribution in [0.25, 0.3) is 11.0 Å². The van der Waals surface area contributed by atoms with Gasteiger partial charge >= 0.3 is 11.6 Å². The highest BCUT2D eigenvalue weighted by atomic mass is 16.5. The van der Waals surface area contributed by atoms with Crippen LogP contribution in [-0.2, 0) is 20.8 Å². The van der Waals surface area contributed by atoms with Gasteiger partial charge in [-0.3, -0.25) is 9.59 Å². The maximum Gasteiger partial charge on any atom is 0.340 e. The molecule has 3 N–H and O–H groups in total. The second-order valence-electron chi connectivity index (χ2n) is 7.42. The van der Waals surface area contributed by atoms with E-state index in [2.05, 4.69) is 10.6 Å². The van der Waals surface area contributed by atoms with Gasteiger partial charge in [0.05, 0.1) is 32.7 Å². The summed E-state index contributed by atoms with van der Waals surface area (Å²) in [6.45, 7) is 4.80. The molecule has 0 spiro atoms. The molecule has 32 heavy (non-hydrogen) atoms. The first-order valence-corrected chi connectivity index (χ1v) is 10.1. The van der Waals surface area contributed by atoms with Crippen molar-refractivity contribution in [3.05, 3.63) is 33.7 Å². The second-order valence-corrected chi connectivity index (χ2v) is 7.42. The lowest BCUT2D eigenvalue weighted by molar-refractivity contribution is -0.143. The minimum absolute atomic E-state index is 0.144. The van der Waals surface area contributed by atoms with Gasteiger partial charge in [0.25, 0.3) is 0 Å². The van der Waals surface area contributed by atoms with Crippen LogP contribution in [0.5, 0.6) is 11.5 Å². The molecule has 2 atom stereocenters. The fourth-order valence-electron chi connectivity index (χ4n) is 3.23. The van der Waals surface area contributed by atoms with Gasteiger partial charge in [0.15, 0.2) is 11.5 Å². The number of carboxylic acids is 1. The summed E-state index contributed by atoms with van der Waals surface area (Å²) in [5.74, 6) is -1.78. The third-order valence-electron chi connectivity index (χ3n) is 5.37. The number of fused-ring (bicyclic) bond motifs is 1. The molecule has 2 aromatic rings. The zero-order valence-corrected chi connectivity index (χ0v) is 18.7. The normalized spacial score (nSPS) is 12.7. The number of rotatable bonds is 10. The average molecular weight is 448 g/mol. The molecule has 1 aromatic carbocycles. The van der Waals surface area contributed by atoms with Crippen molar-refractivity contribution in [3.8, 4) is 11.5 Å². The van der Waals surface area contributed by atoms with Crippen molar-refractivity contribution >= 4 is 28.8 Å². The molecule has 0 aliphatic heterocycles. The molecule has 2 rings (SSSR count). The van der Waals surface area contributed by atoms with Gasteiger partial charge in [-0.25, -0.2) is 9.59 Å². The molecule has 0 fully saturated rings. The zero-order chi connectivity index (χ0) is 24.0. The van der Waals surface area contributed by atoms with E-state index in [1.54, 1.807) is 19.9 Å². The number of carbonyl (C=O) groups excluding carboxylic acids is 2. The molecule has 0 aliphatic carbocycles. The molecule has 10 nitrogen and oxygen atoms in total. The Bertz CT molecular complexity index is 1080. The number of aliphatic carboxylic acids is 1.